The molecule has 0 aliphatic heterocycles. The maximum atomic E-state index is 13.4. The van der Waals surface area contributed by atoms with Crippen molar-refractivity contribution >= 4 is 39.8 Å². The third-order valence-corrected chi connectivity index (χ3v) is 5.49. The molecule has 1 heterocycles. The van der Waals surface area contributed by atoms with Crippen molar-refractivity contribution in [3.8, 4) is 6.07 Å². The molecule has 0 bridgehead atoms. The van der Waals surface area contributed by atoms with Crippen LogP contribution in [0.3, 0.4) is 0 Å². The number of nitriles is 1. The Kier molecular flexibility index (Phi) is 6.52. The summed E-state index contributed by atoms with van der Waals surface area (Å²) in [4.78, 5) is 27.0. The molecule has 2 amide bonds. The van der Waals surface area contributed by atoms with Gasteiger partial charge in [0.15, 0.2) is 11.6 Å². The fraction of sp³-hybridized carbons (Fsp3) is 0.278. The summed E-state index contributed by atoms with van der Waals surface area (Å²) >= 11 is 6.77. The smallest absolute Gasteiger partial charge is 0.264 e. The van der Waals surface area contributed by atoms with Gasteiger partial charge >= 0.3 is 0 Å². The molecule has 0 atom stereocenters. The zero-order valence-corrected chi connectivity index (χ0v) is 16.4. The number of benzene rings is 1. The Morgan fingerprint density at radius 2 is 1.85 bits per heavy atom. The van der Waals surface area contributed by atoms with Gasteiger partial charge in [-0.05, 0) is 38.5 Å². The second kappa shape index (κ2) is 8.46. The molecule has 5 nitrogen and oxygen atoms in total. The molecule has 142 valence electrons. The Labute approximate surface area is 164 Å². The quantitative estimate of drug-likeness (QED) is 0.731. The molecule has 1 N–H and O–H groups in total. The molecule has 2 aromatic rings. The first-order chi connectivity index (χ1) is 12.7. The van der Waals surface area contributed by atoms with Crippen LogP contribution in [0.2, 0.25) is 5.02 Å². The zero-order valence-electron chi connectivity index (χ0n) is 14.8. The number of nitrogens with one attached hydrogen (secondary N) is 1. The Balaban J connectivity index is 2.41. The van der Waals surface area contributed by atoms with Gasteiger partial charge in [-0.15, -0.1) is 11.3 Å². The predicted octanol–water partition coefficient (Wildman–Crippen LogP) is 4.59. The first-order valence-electron chi connectivity index (χ1n) is 8.03. The molecule has 0 spiro atoms. The summed E-state index contributed by atoms with van der Waals surface area (Å²) in [5.41, 5.74) is 0.316. The number of hydrogen-bond acceptors (Lipinski definition) is 4. The number of rotatable bonds is 5. The van der Waals surface area contributed by atoms with Crippen LogP contribution in [0.5, 0.6) is 0 Å². The van der Waals surface area contributed by atoms with E-state index in [4.69, 9.17) is 11.6 Å². The molecule has 0 aliphatic rings. The van der Waals surface area contributed by atoms with Crippen molar-refractivity contribution in [1.29, 1.82) is 5.26 Å². The number of hydrogen-bond donors (Lipinski definition) is 1. The number of carbonyl (C=O) groups excluding carboxylic acids is 2. The highest BCUT2D eigenvalue weighted by molar-refractivity contribution is 7.18. The fourth-order valence-corrected chi connectivity index (χ4v) is 3.82. The highest BCUT2D eigenvalue weighted by Crippen LogP contribution is 2.34. The molecule has 0 unspecified atom stereocenters. The van der Waals surface area contributed by atoms with Gasteiger partial charge in [0.25, 0.3) is 11.8 Å². The SMILES string of the molecule is CCN(CC)C(=O)c1sc(NC(=O)c2cc(F)c(F)cc2Cl)c(C#N)c1C. The summed E-state index contributed by atoms with van der Waals surface area (Å²) in [6.07, 6.45) is 0. The molecule has 1 aromatic heterocycles. The minimum atomic E-state index is -1.22. The fourth-order valence-electron chi connectivity index (χ4n) is 2.46. The Morgan fingerprint density at radius 1 is 1.26 bits per heavy atom. The summed E-state index contributed by atoms with van der Waals surface area (Å²) in [5, 5.41) is 11.8. The Morgan fingerprint density at radius 3 is 2.41 bits per heavy atom. The van der Waals surface area contributed by atoms with Crippen LogP contribution >= 0.6 is 22.9 Å². The number of halogens is 3. The molecule has 27 heavy (non-hydrogen) atoms. The van der Waals surface area contributed by atoms with Crippen molar-refractivity contribution in [2.45, 2.75) is 20.8 Å². The molecule has 0 radical (unpaired) electrons. The standard InChI is InChI=1S/C18H16ClF2N3O2S/c1-4-24(5-2)18(26)15-9(3)11(8-22)17(27-15)23-16(25)10-6-13(20)14(21)7-12(10)19/h6-7H,4-5H2,1-3H3,(H,23,25). The molecule has 0 fully saturated rings. The van der Waals surface area contributed by atoms with E-state index in [0.29, 0.717) is 35.7 Å². The maximum Gasteiger partial charge on any atom is 0.264 e. The van der Waals surface area contributed by atoms with E-state index in [1.165, 1.54) is 0 Å². The van der Waals surface area contributed by atoms with Crippen LogP contribution in [0.4, 0.5) is 13.8 Å². The van der Waals surface area contributed by atoms with Crippen molar-refractivity contribution < 1.29 is 18.4 Å². The second-order valence-corrected chi connectivity index (χ2v) is 6.98. The van der Waals surface area contributed by atoms with Crippen LogP contribution in [-0.2, 0) is 0 Å². The van der Waals surface area contributed by atoms with Gasteiger partial charge in [-0.2, -0.15) is 5.26 Å². The van der Waals surface area contributed by atoms with E-state index >= 15 is 0 Å². The van der Waals surface area contributed by atoms with E-state index in [0.717, 1.165) is 11.3 Å². The molecule has 0 aliphatic carbocycles. The monoisotopic (exact) mass is 411 g/mol. The van der Waals surface area contributed by atoms with Gasteiger partial charge in [0.2, 0.25) is 0 Å². The van der Waals surface area contributed by atoms with E-state index in [1.54, 1.807) is 11.8 Å². The number of thiophene rings is 1. The van der Waals surface area contributed by atoms with E-state index in [-0.39, 0.29) is 27.1 Å². The summed E-state index contributed by atoms with van der Waals surface area (Å²) in [6, 6.07) is 3.35. The average Bonchev–Trinajstić information content (AvgIpc) is 2.94. The highest BCUT2D eigenvalue weighted by Gasteiger charge is 2.25. The minimum absolute atomic E-state index is 0.141. The first-order valence-corrected chi connectivity index (χ1v) is 9.23. The Hall–Kier alpha value is -2.50. The lowest BCUT2D eigenvalue weighted by Crippen LogP contribution is -2.30. The van der Waals surface area contributed by atoms with Crippen LogP contribution in [-0.4, -0.2) is 29.8 Å². The van der Waals surface area contributed by atoms with E-state index in [9.17, 15) is 23.6 Å². The van der Waals surface area contributed by atoms with Crippen LogP contribution in [0.25, 0.3) is 0 Å². The minimum Gasteiger partial charge on any atom is -0.338 e. The van der Waals surface area contributed by atoms with Crippen LogP contribution in [0.1, 0.15) is 45.0 Å². The lowest BCUT2D eigenvalue weighted by atomic mass is 10.1. The van der Waals surface area contributed by atoms with Gasteiger partial charge in [-0.1, -0.05) is 11.6 Å². The summed E-state index contributed by atoms with van der Waals surface area (Å²) in [5.74, 6) is -3.44. The topological polar surface area (TPSA) is 73.2 Å². The van der Waals surface area contributed by atoms with Crippen molar-refractivity contribution in [2.24, 2.45) is 0 Å². The van der Waals surface area contributed by atoms with Crippen molar-refractivity contribution in [1.82, 2.24) is 4.90 Å². The number of amides is 2. The molecule has 1 aromatic carbocycles. The molecule has 0 saturated heterocycles. The normalized spacial score (nSPS) is 10.4. The highest BCUT2D eigenvalue weighted by atomic mass is 35.5. The van der Waals surface area contributed by atoms with Crippen molar-refractivity contribution in [3.05, 3.63) is 50.4 Å². The third-order valence-electron chi connectivity index (χ3n) is 3.99. The van der Waals surface area contributed by atoms with Crippen LogP contribution in [0, 0.1) is 29.9 Å². The van der Waals surface area contributed by atoms with E-state index < -0.39 is 17.5 Å². The third kappa shape index (κ3) is 4.10. The zero-order chi connectivity index (χ0) is 20.3. The summed E-state index contributed by atoms with van der Waals surface area (Å²) in [7, 11) is 0. The summed E-state index contributed by atoms with van der Waals surface area (Å²) in [6.45, 7) is 6.29. The molecule has 9 heteroatoms. The number of anilines is 1. The van der Waals surface area contributed by atoms with Gasteiger partial charge in [-0.3, -0.25) is 9.59 Å². The van der Waals surface area contributed by atoms with Gasteiger partial charge < -0.3 is 10.2 Å². The lowest BCUT2D eigenvalue weighted by Gasteiger charge is -2.17. The second-order valence-electron chi connectivity index (χ2n) is 5.55. The van der Waals surface area contributed by atoms with Crippen LogP contribution < -0.4 is 5.32 Å². The predicted molar refractivity (Wildman–Crippen MR) is 100 cm³/mol. The lowest BCUT2D eigenvalue weighted by molar-refractivity contribution is 0.0777. The van der Waals surface area contributed by atoms with Crippen molar-refractivity contribution in [3.63, 3.8) is 0 Å². The van der Waals surface area contributed by atoms with E-state index in [1.807, 2.05) is 19.9 Å². The first kappa shape index (κ1) is 20.8. The largest absolute Gasteiger partial charge is 0.338 e. The van der Waals surface area contributed by atoms with Gasteiger partial charge in [0, 0.05) is 13.1 Å². The number of nitrogens with zero attached hydrogens (tertiary/aromatic N) is 2. The summed E-state index contributed by atoms with van der Waals surface area (Å²) < 4.78 is 26.6. The van der Waals surface area contributed by atoms with E-state index in [2.05, 4.69) is 5.32 Å². The molecule has 2 rings (SSSR count). The number of carbonyl (C=O) groups is 2. The van der Waals surface area contributed by atoms with Gasteiger partial charge in [0.05, 0.1) is 21.0 Å². The van der Waals surface area contributed by atoms with Crippen LogP contribution in [0.15, 0.2) is 12.1 Å². The average molecular weight is 412 g/mol. The molecular formula is C18H16ClF2N3O2S. The molecule has 0 saturated carbocycles. The van der Waals surface area contributed by atoms with Gasteiger partial charge in [0.1, 0.15) is 11.1 Å². The Bertz CT molecular complexity index is 949. The molecular weight excluding hydrogens is 396 g/mol. The van der Waals surface area contributed by atoms with Gasteiger partial charge in [-0.25, -0.2) is 8.78 Å². The van der Waals surface area contributed by atoms with Crippen molar-refractivity contribution in [2.75, 3.05) is 18.4 Å². The maximum absolute atomic E-state index is 13.4.